The van der Waals surface area contributed by atoms with Crippen LogP contribution in [0, 0.1) is 0 Å². The highest BCUT2D eigenvalue weighted by Crippen LogP contribution is 2.27. The maximum absolute atomic E-state index is 10.9. The molecule has 0 amide bonds. The van der Waals surface area contributed by atoms with Gasteiger partial charge in [0, 0.05) is 5.66 Å². The number of hydrogen-bond acceptors (Lipinski definition) is 1. The molecule has 50 valence electrons. The number of rotatable bonds is 1. The van der Waals surface area contributed by atoms with E-state index in [1.54, 1.807) is 6.66 Å². The molecule has 0 saturated heterocycles. The summed E-state index contributed by atoms with van der Waals surface area (Å²) in [6.45, 7) is 1.80. The number of allylic oxidation sites excluding steroid dienone is 4. The van der Waals surface area contributed by atoms with Crippen molar-refractivity contribution in [2.24, 2.45) is 0 Å². The summed E-state index contributed by atoms with van der Waals surface area (Å²) in [5.41, 5.74) is 0.240. The van der Waals surface area contributed by atoms with Crippen molar-refractivity contribution >= 4 is 7.80 Å². The van der Waals surface area contributed by atoms with E-state index in [4.69, 9.17) is 0 Å². The van der Waals surface area contributed by atoms with E-state index in [-0.39, 0.29) is 5.66 Å². The third-order valence-electron chi connectivity index (χ3n) is 1.43. The molecule has 9 heavy (non-hydrogen) atoms. The van der Waals surface area contributed by atoms with Crippen molar-refractivity contribution in [3.63, 3.8) is 0 Å². The average molecular weight is 142 g/mol. The van der Waals surface area contributed by atoms with E-state index < -0.39 is 7.80 Å². The zero-order valence-electron chi connectivity index (χ0n) is 5.50. The normalized spacial score (nSPS) is 22.3. The highest BCUT2D eigenvalue weighted by Gasteiger charge is 2.04. The lowest BCUT2D eigenvalue weighted by atomic mass is 10.2. The van der Waals surface area contributed by atoms with Crippen molar-refractivity contribution in [2.75, 3.05) is 6.66 Å². The molecule has 0 spiro atoms. The first kappa shape index (κ1) is 6.82. The molecule has 1 nitrogen and oxygen atoms in total. The van der Waals surface area contributed by atoms with Gasteiger partial charge in [0.05, 0.1) is 7.80 Å². The second-order valence-corrected chi connectivity index (χ2v) is 4.12. The van der Waals surface area contributed by atoms with Crippen LogP contribution >= 0.6 is 7.80 Å². The fourth-order valence-electron chi connectivity index (χ4n) is 0.864. The first-order valence-corrected chi connectivity index (χ1v) is 5.13. The van der Waals surface area contributed by atoms with Gasteiger partial charge in [-0.2, -0.15) is 0 Å². The topological polar surface area (TPSA) is 17.1 Å². The largest absolute Gasteiger partial charge is 0.326 e. The molecular formula is C7H11OP. The third kappa shape index (κ3) is 1.83. The molecule has 1 rings (SSSR count). The van der Waals surface area contributed by atoms with Gasteiger partial charge >= 0.3 is 0 Å². The quantitative estimate of drug-likeness (QED) is 0.404. The van der Waals surface area contributed by atoms with E-state index in [0.29, 0.717) is 0 Å². The van der Waals surface area contributed by atoms with E-state index in [1.165, 1.54) is 0 Å². The molecule has 0 bridgehead atoms. The smallest absolute Gasteiger partial charge is 0.0834 e. The molecular weight excluding hydrogens is 131 g/mol. The van der Waals surface area contributed by atoms with Crippen molar-refractivity contribution in [2.45, 2.75) is 12.1 Å². The van der Waals surface area contributed by atoms with Crippen LogP contribution in [0.25, 0.3) is 0 Å². The van der Waals surface area contributed by atoms with Gasteiger partial charge in [0.25, 0.3) is 0 Å². The molecule has 0 aromatic heterocycles. The maximum atomic E-state index is 10.9. The Balaban J connectivity index is 2.60. The molecule has 0 fully saturated rings. The van der Waals surface area contributed by atoms with Crippen molar-refractivity contribution in [3.8, 4) is 0 Å². The summed E-state index contributed by atoms with van der Waals surface area (Å²) >= 11 is 0. The minimum Gasteiger partial charge on any atom is -0.326 e. The standard InChI is InChI=1S/C7H11OP/c1-9(8)7-5-3-2-4-6-7/h3-7,9H,2H2,1H3. The van der Waals surface area contributed by atoms with Gasteiger partial charge in [0.1, 0.15) is 0 Å². The minimum absolute atomic E-state index is 0.240. The lowest BCUT2D eigenvalue weighted by Gasteiger charge is -2.05. The average Bonchev–Trinajstić information content (AvgIpc) is 1.90. The van der Waals surface area contributed by atoms with Crippen LogP contribution in [-0.2, 0) is 4.57 Å². The van der Waals surface area contributed by atoms with Crippen LogP contribution in [0.2, 0.25) is 0 Å². The van der Waals surface area contributed by atoms with Gasteiger partial charge in [-0.05, 0) is 13.1 Å². The molecule has 0 N–H and O–H groups in total. The second-order valence-electron chi connectivity index (χ2n) is 2.23. The first-order valence-electron chi connectivity index (χ1n) is 3.14. The molecule has 0 radical (unpaired) electrons. The van der Waals surface area contributed by atoms with Crippen LogP contribution in [0.5, 0.6) is 0 Å². The predicted molar refractivity (Wildman–Crippen MR) is 41.6 cm³/mol. The maximum Gasteiger partial charge on any atom is 0.0834 e. The van der Waals surface area contributed by atoms with Gasteiger partial charge in [-0.3, -0.25) is 0 Å². The summed E-state index contributed by atoms with van der Waals surface area (Å²) < 4.78 is 10.9. The van der Waals surface area contributed by atoms with E-state index in [0.717, 1.165) is 6.42 Å². The van der Waals surface area contributed by atoms with Crippen molar-refractivity contribution in [3.05, 3.63) is 24.3 Å². The lowest BCUT2D eigenvalue weighted by Crippen LogP contribution is -1.93. The van der Waals surface area contributed by atoms with Crippen LogP contribution in [0.15, 0.2) is 24.3 Å². The van der Waals surface area contributed by atoms with Crippen LogP contribution < -0.4 is 0 Å². The first-order chi connectivity index (χ1) is 4.30. The summed E-state index contributed by atoms with van der Waals surface area (Å²) in [4.78, 5) is 0. The summed E-state index contributed by atoms with van der Waals surface area (Å²) in [5.74, 6) is 0. The monoisotopic (exact) mass is 142 g/mol. The third-order valence-corrected chi connectivity index (χ3v) is 2.75. The zero-order chi connectivity index (χ0) is 6.69. The Morgan fingerprint density at radius 3 is 2.33 bits per heavy atom. The van der Waals surface area contributed by atoms with Crippen LogP contribution in [0.4, 0.5) is 0 Å². The van der Waals surface area contributed by atoms with Gasteiger partial charge < -0.3 is 4.57 Å². The highest BCUT2D eigenvalue weighted by atomic mass is 31.1. The minimum atomic E-state index is -1.36. The van der Waals surface area contributed by atoms with Gasteiger partial charge in [-0.1, -0.05) is 24.3 Å². The fraction of sp³-hybridized carbons (Fsp3) is 0.429. The van der Waals surface area contributed by atoms with Crippen molar-refractivity contribution < 1.29 is 4.57 Å². The Kier molecular flexibility index (Phi) is 2.29. The SMILES string of the molecule is C[PH](=O)C1C=CCC=C1. The molecule has 1 unspecified atom stereocenters. The Labute approximate surface area is 56.2 Å². The van der Waals surface area contributed by atoms with E-state index in [2.05, 4.69) is 12.2 Å². The molecule has 1 aliphatic carbocycles. The van der Waals surface area contributed by atoms with Gasteiger partial charge in [0.2, 0.25) is 0 Å². The summed E-state index contributed by atoms with van der Waals surface area (Å²) in [7, 11) is -1.36. The Hall–Kier alpha value is -0.290. The van der Waals surface area contributed by atoms with Crippen LogP contribution in [0.3, 0.4) is 0 Å². The lowest BCUT2D eigenvalue weighted by molar-refractivity contribution is 0.590. The van der Waals surface area contributed by atoms with Crippen LogP contribution in [-0.4, -0.2) is 12.3 Å². The van der Waals surface area contributed by atoms with Crippen LogP contribution in [0.1, 0.15) is 6.42 Å². The molecule has 1 atom stereocenters. The Morgan fingerprint density at radius 2 is 2.00 bits per heavy atom. The van der Waals surface area contributed by atoms with Gasteiger partial charge in [-0.15, -0.1) is 0 Å². The second kappa shape index (κ2) is 3.03. The molecule has 0 saturated carbocycles. The number of hydrogen-bond donors (Lipinski definition) is 0. The highest BCUT2D eigenvalue weighted by molar-refractivity contribution is 7.45. The molecule has 2 heteroatoms. The fourth-order valence-corrected chi connectivity index (χ4v) is 1.68. The summed E-state index contributed by atoms with van der Waals surface area (Å²) in [6, 6.07) is 0. The molecule has 0 aromatic rings. The molecule has 0 heterocycles. The Bertz CT molecular complexity index is 158. The molecule has 0 aromatic carbocycles. The predicted octanol–water partition coefficient (Wildman–Crippen LogP) is 2.06. The van der Waals surface area contributed by atoms with E-state index >= 15 is 0 Å². The molecule has 1 aliphatic rings. The summed E-state index contributed by atoms with van der Waals surface area (Å²) in [5, 5.41) is 0. The van der Waals surface area contributed by atoms with Gasteiger partial charge in [0.15, 0.2) is 0 Å². The molecule has 0 aliphatic heterocycles. The van der Waals surface area contributed by atoms with E-state index in [1.807, 2.05) is 12.2 Å². The van der Waals surface area contributed by atoms with E-state index in [9.17, 15) is 4.57 Å². The Morgan fingerprint density at radius 1 is 1.44 bits per heavy atom. The van der Waals surface area contributed by atoms with Crippen molar-refractivity contribution in [1.82, 2.24) is 0 Å². The van der Waals surface area contributed by atoms with Gasteiger partial charge in [-0.25, -0.2) is 0 Å². The zero-order valence-corrected chi connectivity index (χ0v) is 6.50. The van der Waals surface area contributed by atoms with Crippen molar-refractivity contribution in [1.29, 1.82) is 0 Å². The summed E-state index contributed by atoms with van der Waals surface area (Å²) in [6.07, 6.45) is 9.20.